The first-order chi connectivity index (χ1) is 22.1. The second-order valence-electron chi connectivity index (χ2n) is 11.5. The number of nitriles is 1. The van der Waals surface area contributed by atoms with Crippen LogP contribution in [0, 0.1) is 11.3 Å². The van der Waals surface area contributed by atoms with Crippen LogP contribution >= 0.6 is 11.6 Å². The molecular formula is C32H33ClN6O6S. The number of fused-ring (bicyclic) bond motifs is 1. The lowest BCUT2D eigenvalue weighted by Crippen LogP contribution is -2.55. The van der Waals surface area contributed by atoms with Crippen molar-refractivity contribution in [1.82, 2.24) is 19.7 Å². The number of piperazine rings is 1. The van der Waals surface area contributed by atoms with Gasteiger partial charge in [-0.1, -0.05) is 11.6 Å². The van der Waals surface area contributed by atoms with Gasteiger partial charge in [-0.15, -0.1) is 0 Å². The summed E-state index contributed by atoms with van der Waals surface area (Å²) < 4.78 is 40.7. The molecule has 46 heavy (non-hydrogen) atoms. The van der Waals surface area contributed by atoms with E-state index in [1.54, 1.807) is 6.07 Å². The lowest BCUT2D eigenvalue weighted by molar-refractivity contribution is -0.132. The number of anilines is 1. The maximum Gasteiger partial charge on any atom is 0.411 e. The number of methoxy groups -OCH3 is 1. The number of sulfonamides is 1. The first-order valence-corrected chi connectivity index (χ1v) is 16.7. The van der Waals surface area contributed by atoms with Gasteiger partial charge in [-0.25, -0.2) is 18.2 Å². The molecule has 2 fully saturated rings. The summed E-state index contributed by atoms with van der Waals surface area (Å²) in [6.07, 6.45) is 2.77. The molecule has 0 saturated carbocycles. The van der Waals surface area contributed by atoms with Crippen LogP contribution in [0.2, 0.25) is 5.02 Å². The van der Waals surface area contributed by atoms with E-state index >= 15 is 0 Å². The Kier molecular flexibility index (Phi) is 8.64. The molecule has 3 aliphatic heterocycles. The molecule has 4 heterocycles. The van der Waals surface area contributed by atoms with E-state index in [0.29, 0.717) is 36.5 Å². The Labute approximate surface area is 272 Å². The normalized spacial score (nSPS) is 21.1. The van der Waals surface area contributed by atoms with Crippen molar-refractivity contribution in [3.8, 4) is 11.9 Å². The van der Waals surface area contributed by atoms with Crippen LogP contribution in [0.1, 0.15) is 29.5 Å². The van der Waals surface area contributed by atoms with Crippen molar-refractivity contribution in [2.24, 2.45) is 0 Å². The summed E-state index contributed by atoms with van der Waals surface area (Å²) in [6, 6.07) is 14.9. The molecule has 2 amide bonds. The van der Waals surface area contributed by atoms with Crippen LogP contribution < -0.4 is 9.04 Å². The molecule has 0 radical (unpaired) electrons. The molecule has 3 aromatic rings. The molecule has 0 bridgehead atoms. The third-order valence-corrected chi connectivity index (χ3v) is 10.9. The van der Waals surface area contributed by atoms with Crippen molar-refractivity contribution in [3.63, 3.8) is 0 Å². The number of benzene rings is 2. The van der Waals surface area contributed by atoms with Crippen LogP contribution in [0.5, 0.6) is 5.88 Å². The molecule has 240 valence electrons. The monoisotopic (exact) mass is 664 g/mol. The minimum atomic E-state index is -4.57. The smallest absolute Gasteiger partial charge is 0.411 e. The maximum atomic E-state index is 14.8. The number of aromatic nitrogens is 1. The number of rotatable bonds is 6. The van der Waals surface area contributed by atoms with Gasteiger partial charge in [0.1, 0.15) is 0 Å². The molecule has 3 aliphatic rings. The topological polar surface area (TPSA) is 136 Å². The van der Waals surface area contributed by atoms with Gasteiger partial charge < -0.3 is 19.3 Å². The molecule has 14 heteroatoms. The van der Waals surface area contributed by atoms with Crippen molar-refractivity contribution < 1.29 is 27.5 Å². The average Bonchev–Trinajstić information content (AvgIpc) is 3.32. The Morgan fingerprint density at radius 3 is 2.37 bits per heavy atom. The molecule has 0 N–H and O–H groups in total. The van der Waals surface area contributed by atoms with E-state index in [4.69, 9.17) is 21.1 Å². The van der Waals surface area contributed by atoms with Gasteiger partial charge in [-0.2, -0.15) is 9.57 Å². The highest BCUT2D eigenvalue weighted by atomic mass is 35.5. The molecule has 2 saturated heterocycles. The van der Waals surface area contributed by atoms with Gasteiger partial charge in [-0.3, -0.25) is 9.69 Å². The fourth-order valence-electron chi connectivity index (χ4n) is 6.44. The minimum Gasteiger partial charge on any atom is -0.481 e. The summed E-state index contributed by atoms with van der Waals surface area (Å²) in [5, 5.41) is 9.41. The van der Waals surface area contributed by atoms with Crippen molar-refractivity contribution in [2.45, 2.75) is 29.4 Å². The highest BCUT2D eigenvalue weighted by Crippen LogP contribution is 2.52. The summed E-state index contributed by atoms with van der Waals surface area (Å²) in [4.78, 5) is 39.0. The average molecular weight is 665 g/mol. The van der Waals surface area contributed by atoms with Crippen molar-refractivity contribution >= 4 is 39.3 Å². The number of likely N-dealkylation sites (tertiary alicyclic amines) is 1. The van der Waals surface area contributed by atoms with Crippen LogP contribution in [0.4, 0.5) is 10.5 Å². The molecular weight excluding hydrogens is 632 g/mol. The minimum absolute atomic E-state index is 0.0284. The van der Waals surface area contributed by atoms with Gasteiger partial charge in [-0.05, 0) is 87.6 Å². The zero-order valence-corrected chi connectivity index (χ0v) is 27.0. The second-order valence-corrected chi connectivity index (χ2v) is 13.8. The Balaban J connectivity index is 1.40. The predicted molar refractivity (Wildman–Crippen MR) is 169 cm³/mol. The Bertz CT molecular complexity index is 1800. The lowest BCUT2D eigenvalue weighted by Gasteiger charge is -2.42. The van der Waals surface area contributed by atoms with Crippen LogP contribution in [-0.4, -0.2) is 99.6 Å². The van der Waals surface area contributed by atoms with Crippen molar-refractivity contribution in [1.29, 1.82) is 5.26 Å². The SMILES string of the molecule is COc1ncccc1C1(OC(=O)N2CCN(C3CCN(C)CC3)CC2)C(=O)N(S(=O)(=O)c2ccc(C#N)cc2)c2ccc(Cl)cc21. The van der Waals surface area contributed by atoms with Crippen LogP contribution in [0.25, 0.3) is 0 Å². The Morgan fingerprint density at radius 2 is 1.72 bits per heavy atom. The van der Waals surface area contributed by atoms with E-state index in [0.717, 1.165) is 25.9 Å². The van der Waals surface area contributed by atoms with Gasteiger partial charge in [0, 0.05) is 49.0 Å². The fraction of sp³-hybridized carbons (Fsp3) is 0.375. The number of halogens is 1. The highest BCUT2D eigenvalue weighted by Gasteiger charge is 2.61. The van der Waals surface area contributed by atoms with Crippen LogP contribution in [0.3, 0.4) is 0 Å². The first-order valence-electron chi connectivity index (χ1n) is 14.9. The van der Waals surface area contributed by atoms with Gasteiger partial charge in [0.25, 0.3) is 21.5 Å². The third-order valence-electron chi connectivity index (χ3n) is 8.93. The maximum absolute atomic E-state index is 14.8. The first kappa shape index (κ1) is 31.7. The standard InChI is InChI=1S/C32H33ClN6O6S/c1-36-14-11-24(12-15-36)37-16-18-38(19-17-37)31(41)45-32(26-4-3-13-35-29(26)44-2)27-20-23(33)7-10-28(27)39(30(32)40)46(42,43)25-8-5-22(21-34)6-9-25/h3-10,13,20,24H,11-12,14-19H2,1-2H3. The second kappa shape index (κ2) is 12.5. The summed E-state index contributed by atoms with van der Waals surface area (Å²) in [5.74, 6) is -1.09. The quantitative estimate of drug-likeness (QED) is 0.385. The van der Waals surface area contributed by atoms with E-state index in [2.05, 4.69) is 21.8 Å². The molecule has 2 aromatic carbocycles. The molecule has 6 rings (SSSR count). The highest BCUT2D eigenvalue weighted by molar-refractivity contribution is 7.93. The predicted octanol–water partition coefficient (Wildman–Crippen LogP) is 3.44. The van der Waals surface area contributed by atoms with E-state index in [1.807, 2.05) is 6.07 Å². The number of piperidine rings is 1. The van der Waals surface area contributed by atoms with Gasteiger partial charge in [0.2, 0.25) is 5.88 Å². The number of hydrogen-bond acceptors (Lipinski definition) is 10. The van der Waals surface area contributed by atoms with E-state index in [1.165, 1.54) is 66.7 Å². The van der Waals surface area contributed by atoms with E-state index in [9.17, 15) is 23.3 Å². The molecule has 12 nitrogen and oxygen atoms in total. The van der Waals surface area contributed by atoms with E-state index < -0.39 is 27.6 Å². The largest absolute Gasteiger partial charge is 0.481 e. The van der Waals surface area contributed by atoms with Gasteiger partial charge >= 0.3 is 6.09 Å². The number of hydrogen-bond donors (Lipinski definition) is 0. The summed E-state index contributed by atoms with van der Waals surface area (Å²) in [5.41, 5.74) is -2.00. The summed E-state index contributed by atoms with van der Waals surface area (Å²) in [7, 11) is -1.10. The molecule has 1 aromatic heterocycles. The number of pyridine rings is 1. The molecule has 0 spiro atoms. The van der Waals surface area contributed by atoms with Crippen molar-refractivity contribution in [2.75, 3.05) is 57.7 Å². The molecule has 1 unspecified atom stereocenters. The number of carbonyl (C=O) groups is 2. The molecule has 0 aliphatic carbocycles. The fourth-order valence-corrected chi connectivity index (χ4v) is 8.07. The Hall–Kier alpha value is -4.22. The lowest BCUT2D eigenvalue weighted by atomic mass is 9.87. The number of carbonyl (C=O) groups excluding carboxylic acids is 2. The molecule has 1 atom stereocenters. The number of amides is 2. The summed E-state index contributed by atoms with van der Waals surface area (Å²) >= 11 is 6.44. The van der Waals surface area contributed by atoms with Crippen LogP contribution in [-0.2, 0) is 25.2 Å². The van der Waals surface area contributed by atoms with E-state index in [-0.39, 0.29) is 38.2 Å². The number of nitrogens with zero attached hydrogens (tertiary/aromatic N) is 6. The zero-order valence-electron chi connectivity index (χ0n) is 25.4. The number of ether oxygens (including phenoxy) is 2. The third kappa shape index (κ3) is 5.45. The van der Waals surface area contributed by atoms with Crippen molar-refractivity contribution in [3.05, 3.63) is 82.5 Å². The van der Waals surface area contributed by atoms with Gasteiger partial charge in [0.05, 0.1) is 34.9 Å². The zero-order chi connectivity index (χ0) is 32.6. The Morgan fingerprint density at radius 1 is 1.02 bits per heavy atom. The van der Waals surface area contributed by atoms with Gasteiger partial charge in [0.15, 0.2) is 0 Å². The summed E-state index contributed by atoms with van der Waals surface area (Å²) in [6.45, 7) is 4.07. The van der Waals surface area contributed by atoms with Crippen LogP contribution in [0.15, 0.2) is 65.7 Å².